The summed E-state index contributed by atoms with van der Waals surface area (Å²) in [5.74, 6) is 0. The van der Waals surface area contributed by atoms with Crippen molar-refractivity contribution in [3.05, 3.63) is 0 Å². The second kappa shape index (κ2) is 22.7. The Kier molecular flexibility index (Phi) is 253. The summed E-state index contributed by atoms with van der Waals surface area (Å²) in [6.45, 7) is 0. The molecule has 0 aromatic carbocycles. The predicted octanol–water partition coefficient (Wildman–Crippen LogP) is -0.970. The number of nitrogens with zero attached hydrogens (tertiary/aromatic N) is 1. The van der Waals surface area contributed by atoms with Gasteiger partial charge in [0.15, 0.2) is 0 Å². The Labute approximate surface area is 63.7 Å². The molecule has 3 N–H and O–H groups in total. The topological polar surface area (TPSA) is 65.5 Å². The van der Waals surface area contributed by atoms with Gasteiger partial charge >= 0.3 is 29.6 Å². The van der Waals surface area contributed by atoms with Crippen LogP contribution >= 0.6 is 0 Å². The van der Waals surface area contributed by atoms with Gasteiger partial charge < -0.3 is 6.15 Å². The van der Waals surface area contributed by atoms with Gasteiger partial charge in [-0.25, -0.2) is 0 Å². The summed E-state index contributed by atoms with van der Waals surface area (Å²) in [6.07, 6.45) is 0. The van der Waals surface area contributed by atoms with E-state index in [0.717, 1.165) is 0 Å². The molecule has 0 rings (SSSR count). The summed E-state index contributed by atoms with van der Waals surface area (Å²) in [4.78, 5) is 0. The third kappa shape index (κ3) is 9.40. The molecule has 0 amide bonds. The van der Waals surface area contributed by atoms with Gasteiger partial charge in [0.2, 0.25) is 0 Å². The fourth-order valence-corrected chi connectivity index (χ4v) is 0. The van der Waals surface area contributed by atoms with Crippen LogP contribution in [0.4, 0.5) is 0 Å². The van der Waals surface area contributed by atoms with Gasteiger partial charge in [-0.2, -0.15) is 0 Å². The molecule has 4 heteroatoms. The second-order valence-corrected chi connectivity index (χ2v) is 0. The van der Waals surface area contributed by atoms with Crippen LogP contribution in [0.25, 0.3) is 0 Å². The van der Waals surface area contributed by atoms with E-state index in [1.54, 1.807) is 0 Å². The first-order chi connectivity index (χ1) is 0. The van der Waals surface area contributed by atoms with E-state index in [1.165, 1.54) is 0 Å². The van der Waals surface area contributed by atoms with Crippen molar-refractivity contribution < 1.29 is 22.4 Å². The Balaban J connectivity index is 0. The molecule has 0 fully saturated rings. The third-order valence-corrected chi connectivity index (χ3v) is 0. The van der Waals surface area contributed by atoms with E-state index in [0.29, 0.717) is 0 Å². The molecule has 0 aliphatic carbocycles. The Morgan fingerprint density at radius 1 is 1.00 bits per heavy atom. The molecule has 0 aliphatic heterocycles. The Morgan fingerprint density at radius 2 is 1.00 bits per heavy atom. The Bertz CT molecular complexity index is 6.00. The normalized spacial score (nSPS) is 0. The monoisotopic (exact) mass is 162 g/mol. The van der Waals surface area contributed by atoms with Crippen LogP contribution in [0.2, 0.25) is 0 Å². The fourth-order valence-electron chi connectivity index (χ4n) is 0. The minimum atomic E-state index is 0. The molecule has 0 bridgehead atoms. The zero-order valence-corrected chi connectivity index (χ0v) is 2.94. The van der Waals surface area contributed by atoms with Crippen LogP contribution in [0, 0.1) is 0 Å². The first-order valence-corrected chi connectivity index (χ1v) is 0. The van der Waals surface area contributed by atoms with Crippen LogP contribution in [0.3, 0.4) is 0 Å². The zero-order chi connectivity index (χ0) is 0. The van der Waals surface area contributed by atoms with Crippen LogP contribution in [0.5, 0.6) is 0 Å². The summed E-state index contributed by atoms with van der Waals surface area (Å²) in [5.41, 5.74) is 0. The Morgan fingerprint density at radius 3 is 1.00 bits per heavy atom. The molecule has 0 aromatic rings. The first kappa shape index (κ1) is 44.6. The van der Waals surface area contributed by atoms with Crippen molar-refractivity contribution in [2.45, 2.75) is 0 Å². The van der Waals surface area contributed by atoms with E-state index >= 15 is 0 Å². The first-order valence-electron chi connectivity index (χ1n) is 0. The number of hydrogen-bond acceptors (Lipinski definition) is 1. The molecule has 26 valence electrons. The molecule has 0 spiro atoms. The van der Waals surface area contributed by atoms with Gasteiger partial charge in [0.25, 0.3) is 0 Å². The van der Waals surface area contributed by atoms with Crippen molar-refractivity contribution in [1.29, 1.82) is 0 Å². The molecule has 0 heterocycles. The molecule has 0 unspecified atom stereocenters. The SMILES string of the molecule is N.[Ag].[N].[NaH]. The molecule has 4 radical (unpaired) electrons. The summed E-state index contributed by atoms with van der Waals surface area (Å²) >= 11 is 0. The van der Waals surface area contributed by atoms with Crippen LogP contribution in [0.15, 0.2) is 0 Å². The molecule has 2 nitrogen and oxygen atoms in total. The average molecular weight is 163 g/mol. The van der Waals surface area contributed by atoms with E-state index in [-0.39, 0.29) is 64.2 Å². The maximum absolute atomic E-state index is 0. The molecule has 0 atom stereocenters. The predicted molar refractivity (Wildman–Crippen MR) is 14.3 cm³/mol. The molecular formula is H4AgN2Na. The van der Waals surface area contributed by atoms with Crippen molar-refractivity contribution in [2.24, 2.45) is 0 Å². The van der Waals surface area contributed by atoms with E-state index in [1.807, 2.05) is 0 Å². The molecule has 0 aliphatic rings. The standard InChI is InChI=1S/Ag.H3N.N.Na.H/h;1H3;;;. The molecule has 0 saturated carbocycles. The van der Waals surface area contributed by atoms with Crippen molar-refractivity contribution in [2.75, 3.05) is 0 Å². The molecule has 0 aromatic heterocycles. The number of rotatable bonds is 0. The maximum atomic E-state index is 0. The van der Waals surface area contributed by atoms with Gasteiger partial charge in [0.05, 0.1) is 0 Å². The van der Waals surface area contributed by atoms with Crippen molar-refractivity contribution in [3.63, 3.8) is 0 Å². The second-order valence-electron chi connectivity index (χ2n) is 0. The summed E-state index contributed by atoms with van der Waals surface area (Å²) in [7, 11) is 0. The molecule has 0 saturated heterocycles. The van der Waals surface area contributed by atoms with Gasteiger partial charge in [-0.05, 0) is 0 Å². The molecule has 4 heavy (non-hydrogen) atoms. The average Bonchev–Trinajstić information content (AvgIpc) is 0. The third-order valence-electron chi connectivity index (χ3n) is 0. The summed E-state index contributed by atoms with van der Waals surface area (Å²) in [5, 5.41) is 0. The number of hydrogen-bond donors (Lipinski definition) is 1. The van der Waals surface area contributed by atoms with Crippen molar-refractivity contribution in [1.82, 2.24) is 12.3 Å². The van der Waals surface area contributed by atoms with Gasteiger partial charge in [-0.15, -0.1) is 0 Å². The van der Waals surface area contributed by atoms with E-state index in [4.69, 9.17) is 0 Å². The van der Waals surface area contributed by atoms with E-state index in [2.05, 4.69) is 0 Å². The van der Waals surface area contributed by atoms with Crippen LogP contribution in [-0.2, 0) is 22.4 Å². The van der Waals surface area contributed by atoms with Crippen LogP contribution < -0.4 is 12.3 Å². The fraction of sp³-hybridized carbons (Fsp3) is 0. The minimum absolute atomic E-state index is 0. The van der Waals surface area contributed by atoms with Gasteiger partial charge in [-0.1, -0.05) is 0 Å². The van der Waals surface area contributed by atoms with Crippen LogP contribution in [0.1, 0.15) is 0 Å². The van der Waals surface area contributed by atoms with Gasteiger partial charge in [-0.3, -0.25) is 0 Å². The summed E-state index contributed by atoms with van der Waals surface area (Å²) in [6, 6.07) is 0. The Hall–Kier alpha value is 1.66. The molecular weight excluding hydrogens is 159 g/mol. The van der Waals surface area contributed by atoms with Gasteiger partial charge in [0, 0.05) is 28.5 Å². The summed E-state index contributed by atoms with van der Waals surface area (Å²) < 4.78 is 0. The van der Waals surface area contributed by atoms with E-state index < -0.39 is 0 Å². The van der Waals surface area contributed by atoms with Crippen molar-refractivity contribution in [3.8, 4) is 0 Å². The van der Waals surface area contributed by atoms with Crippen LogP contribution in [-0.4, -0.2) is 29.6 Å². The quantitative estimate of drug-likeness (QED) is 0.458. The van der Waals surface area contributed by atoms with Gasteiger partial charge in [0.1, 0.15) is 0 Å². The van der Waals surface area contributed by atoms with Crippen molar-refractivity contribution >= 4 is 29.6 Å². The van der Waals surface area contributed by atoms with E-state index in [9.17, 15) is 0 Å². The zero-order valence-electron chi connectivity index (χ0n) is 1.46.